The first-order valence-corrected chi connectivity index (χ1v) is 10.3. The smallest absolute Gasteiger partial charge is 0.255 e. The minimum atomic E-state index is -1.22. The Labute approximate surface area is 182 Å². The summed E-state index contributed by atoms with van der Waals surface area (Å²) in [5, 5.41) is 13.0. The zero-order chi connectivity index (χ0) is 22.6. The number of likely N-dealkylation sites (tertiary alicyclic amines) is 1. The van der Waals surface area contributed by atoms with Crippen molar-refractivity contribution in [2.24, 2.45) is 0 Å². The van der Waals surface area contributed by atoms with Crippen LogP contribution in [0.15, 0.2) is 42.5 Å². The van der Waals surface area contributed by atoms with Crippen molar-refractivity contribution in [2.75, 3.05) is 13.1 Å². The van der Waals surface area contributed by atoms with Crippen LogP contribution in [-0.4, -0.2) is 57.7 Å². The Hall–Kier alpha value is -3.59. The number of fused-ring (bicyclic) bond motifs is 1. The van der Waals surface area contributed by atoms with Gasteiger partial charge in [-0.15, -0.1) is 0 Å². The molecule has 0 aromatic heterocycles. The maximum atomic E-state index is 13.1. The normalized spacial score (nSPS) is 21.8. The van der Waals surface area contributed by atoms with Gasteiger partial charge in [0.1, 0.15) is 17.5 Å². The molecule has 1 unspecified atom stereocenters. The molecule has 3 heterocycles. The van der Waals surface area contributed by atoms with Crippen molar-refractivity contribution in [3.05, 3.63) is 70.5 Å². The lowest BCUT2D eigenvalue weighted by Gasteiger charge is -2.46. The Bertz CT molecular complexity index is 1160. The van der Waals surface area contributed by atoms with Gasteiger partial charge in [-0.2, -0.15) is 0 Å². The minimum Gasteiger partial charge on any atom is -0.381 e. The second-order valence-corrected chi connectivity index (χ2v) is 8.47. The van der Waals surface area contributed by atoms with Gasteiger partial charge in [0.25, 0.3) is 11.8 Å². The lowest BCUT2D eigenvalue weighted by Crippen LogP contribution is -2.61. The Kier molecular flexibility index (Phi) is 4.59. The number of halogens is 1. The summed E-state index contributed by atoms with van der Waals surface area (Å²) in [5.74, 6) is -1.82. The Morgan fingerprint density at radius 2 is 1.81 bits per heavy atom. The lowest BCUT2D eigenvalue weighted by molar-refractivity contribution is -0.136. The molecular weight excluding hydrogens is 417 g/mol. The van der Waals surface area contributed by atoms with E-state index in [0.717, 1.165) is 0 Å². The highest BCUT2D eigenvalue weighted by Gasteiger charge is 2.45. The highest BCUT2D eigenvalue weighted by molar-refractivity contribution is 6.06. The molecular formula is C23H20FN3O5. The fourth-order valence-corrected chi connectivity index (χ4v) is 4.56. The molecule has 32 heavy (non-hydrogen) atoms. The quantitative estimate of drug-likeness (QED) is 0.695. The van der Waals surface area contributed by atoms with Crippen LogP contribution in [-0.2, 0) is 21.7 Å². The predicted octanol–water partition coefficient (Wildman–Crippen LogP) is 0.930. The van der Waals surface area contributed by atoms with Crippen LogP contribution in [0.1, 0.15) is 44.7 Å². The molecule has 0 saturated carbocycles. The van der Waals surface area contributed by atoms with Crippen molar-refractivity contribution in [3.8, 4) is 0 Å². The number of rotatable bonds is 3. The third kappa shape index (κ3) is 3.25. The van der Waals surface area contributed by atoms with E-state index >= 15 is 0 Å². The number of nitrogens with zero attached hydrogens (tertiary/aromatic N) is 2. The summed E-state index contributed by atoms with van der Waals surface area (Å²) in [7, 11) is 0. The molecule has 0 bridgehead atoms. The van der Waals surface area contributed by atoms with Crippen molar-refractivity contribution in [3.63, 3.8) is 0 Å². The molecule has 0 radical (unpaired) electrons. The number of hydrogen-bond donors (Lipinski definition) is 2. The summed E-state index contributed by atoms with van der Waals surface area (Å²) < 4.78 is 13.1. The van der Waals surface area contributed by atoms with Crippen molar-refractivity contribution in [1.82, 2.24) is 15.1 Å². The third-order valence-corrected chi connectivity index (χ3v) is 6.34. The van der Waals surface area contributed by atoms with Gasteiger partial charge in [-0.1, -0.05) is 12.1 Å². The molecule has 2 saturated heterocycles. The standard InChI is InChI=1S/C23H20FN3O5/c24-16-4-2-15(3-5-16)23(32)11-26(12-23)21(30)13-1-6-17-14(9-13)10-27(22(17)31)18-7-8-19(28)25-20(18)29/h1-6,9,18,32H,7-8,10-12H2,(H,25,28,29). The molecule has 164 valence electrons. The maximum absolute atomic E-state index is 13.1. The zero-order valence-electron chi connectivity index (χ0n) is 17.0. The van der Waals surface area contributed by atoms with Crippen LogP contribution in [0.3, 0.4) is 0 Å². The van der Waals surface area contributed by atoms with Crippen molar-refractivity contribution in [1.29, 1.82) is 0 Å². The van der Waals surface area contributed by atoms with Gasteiger partial charge >= 0.3 is 0 Å². The second-order valence-electron chi connectivity index (χ2n) is 8.47. The van der Waals surface area contributed by atoms with E-state index in [2.05, 4.69) is 5.32 Å². The van der Waals surface area contributed by atoms with Crippen molar-refractivity contribution in [2.45, 2.75) is 31.0 Å². The highest BCUT2D eigenvalue weighted by atomic mass is 19.1. The van der Waals surface area contributed by atoms with E-state index in [1.165, 1.54) is 34.1 Å². The minimum absolute atomic E-state index is 0.0792. The molecule has 3 aliphatic heterocycles. The second kappa shape index (κ2) is 7.23. The monoisotopic (exact) mass is 437 g/mol. The molecule has 8 nitrogen and oxygen atoms in total. The van der Waals surface area contributed by atoms with E-state index in [1.807, 2.05) is 0 Å². The van der Waals surface area contributed by atoms with Crippen LogP contribution in [0.5, 0.6) is 0 Å². The molecule has 5 rings (SSSR count). The molecule has 4 amide bonds. The van der Waals surface area contributed by atoms with E-state index in [-0.39, 0.29) is 50.2 Å². The van der Waals surface area contributed by atoms with Gasteiger partial charge in [0.05, 0.1) is 13.1 Å². The Balaban J connectivity index is 1.29. The van der Waals surface area contributed by atoms with Crippen LogP contribution in [0.4, 0.5) is 4.39 Å². The summed E-state index contributed by atoms with van der Waals surface area (Å²) in [6.45, 7) is 0.340. The zero-order valence-corrected chi connectivity index (χ0v) is 17.0. The first kappa shape index (κ1) is 20.3. The SMILES string of the molecule is O=C1CCC(N2Cc3cc(C(=O)N4CC(O)(c5ccc(F)cc5)C4)ccc3C2=O)C(=O)N1. The predicted molar refractivity (Wildman–Crippen MR) is 109 cm³/mol. The molecule has 2 fully saturated rings. The van der Waals surface area contributed by atoms with Crippen LogP contribution >= 0.6 is 0 Å². The summed E-state index contributed by atoms with van der Waals surface area (Å²) in [6.07, 6.45) is 0.443. The molecule has 9 heteroatoms. The number of carbonyl (C=O) groups is 4. The molecule has 0 aliphatic carbocycles. The third-order valence-electron chi connectivity index (χ3n) is 6.34. The van der Waals surface area contributed by atoms with Gasteiger partial charge in [-0.25, -0.2) is 4.39 Å². The number of aliphatic hydroxyl groups is 1. The van der Waals surface area contributed by atoms with Gasteiger partial charge in [0.2, 0.25) is 11.8 Å². The van der Waals surface area contributed by atoms with Gasteiger partial charge in [-0.3, -0.25) is 24.5 Å². The number of hydrogen-bond acceptors (Lipinski definition) is 5. The summed E-state index contributed by atoms with van der Waals surface area (Å²) in [5.41, 5.74) is 0.765. The van der Waals surface area contributed by atoms with Gasteiger partial charge in [-0.05, 0) is 47.9 Å². The van der Waals surface area contributed by atoms with Gasteiger partial charge < -0.3 is 14.9 Å². The number of nitrogens with one attached hydrogen (secondary N) is 1. The first-order chi connectivity index (χ1) is 15.2. The fraction of sp³-hybridized carbons (Fsp3) is 0.304. The van der Waals surface area contributed by atoms with Gasteiger partial charge in [0, 0.05) is 24.1 Å². The fourth-order valence-electron chi connectivity index (χ4n) is 4.56. The maximum Gasteiger partial charge on any atom is 0.255 e. The number of amides is 4. The largest absolute Gasteiger partial charge is 0.381 e. The number of carbonyl (C=O) groups excluding carboxylic acids is 4. The molecule has 2 N–H and O–H groups in total. The summed E-state index contributed by atoms with van der Waals surface area (Å²) >= 11 is 0. The van der Waals surface area contributed by atoms with E-state index in [0.29, 0.717) is 22.3 Å². The average molecular weight is 437 g/mol. The number of β-amino-alcohol motifs (C(OH)–C–C–N with tert-alkyl or cyclic N) is 1. The van der Waals surface area contributed by atoms with Crippen LogP contribution in [0.25, 0.3) is 0 Å². The molecule has 2 aromatic carbocycles. The highest BCUT2D eigenvalue weighted by Crippen LogP contribution is 2.34. The van der Waals surface area contributed by atoms with E-state index in [1.54, 1.807) is 18.2 Å². The van der Waals surface area contributed by atoms with Crippen LogP contribution in [0, 0.1) is 5.82 Å². The van der Waals surface area contributed by atoms with Crippen molar-refractivity contribution >= 4 is 23.6 Å². The summed E-state index contributed by atoms with van der Waals surface area (Å²) in [6, 6.07) is 9.59. The van der Waals surface area contributed by atoms with Gasteiger partial charge in [0.15, 0.2) is 0 Å². The topological polar surface area (TPSA) is 107 Å². The summed E-state index contributed by atoms with van der Waals surface area (Å²) in [4.78, 5) is 52.2. The van der Waals surface area contributed by atoms with Crippen LogP contribution < -0.4 is 5.32 Å². The average Bonchev–Trinajstić information content (AvgIpc) is 3.07. The lowest BCUT2D eigenvalue weighted by atomic mass is 9.85. The molecule has 2 aromatic rings. The molecule has 0 spiro atoms. The Morgan fingerprint density at radius 3 is 2.50 bits per heavy atom. The molecule has 3 aliphatic rings. The van der Waals surface area contributed by atoms with E-state index in [4.69, 9.17) is 0 Å². The number of benzene rings is 2. The van der Waals surface area contributed by atoms with E-state index in [9.17, 15) is 28.7 Å². The Morgan fingerprint density at radius 1 is 1.09 bits per heavy atom. The van der Waals surface area contributed by atoms with Crippen LogP contribution in [0.2, 0.25) is 0 Å². The molecule has 1 atom stereocenters. The van der Waals surface area contributed by atoms with E-state index < -0.39 is 23.4 Å². The number of imide groups is 1. The number of piperidine rings is 1. The first-order valence-electron chi connectivity index (χ1n) is 10.3. The van der Waals surface area contributed by atoms with Crippen molar-refractivity contribution < 1.29 is 28.7 Å².